The first-order valence-electron chi connectivity index (χ1n) is 5.37. The summed E-state index contributed by atoms with van der Waals surface area (Å²) in [6, 6.07) is 5.04. The summed E-state index contributed by atoms with van der Waals surface area (Å²) < 4.78 is 0. The van der Waals surface area contributed by atoms with Gasteiger partial charge in [-0.1, -0.05) is 26.8 Å². The molecule has 0 atom stereocenters. The minimum absolute atomic E-state index is 0.0337. The number of aromatic hydroxyl groups is 1. The molecule has 0 aromatic heterocycles. The van der Waals surface area contributed by atoms with Gasteiger partial charge in [0.1, 0.15) is 5.75 Å². The van der Waals surface area contributed by atoms with Gasteiger partial charge in [0.25, 0.3) is 5.91 Å². The van der Waals surface area contributed by atoms with E-state index in [1.54, 1.807) is 12.1 Å². The van der Waals surface area contributed by atoms with E-state index >= 15 is 0 Å². The maximum Gasteiger partial charge on any atom is 0.255 e. The predicted octanol–water partition coefficient (Wildman–Crippen LogP) is 2.48. The maximum absolute atomic E-state index is 11.8. The second-order valence-corrected chi connectivity index (χ2v) is 5.26. The molecule has 0 aliphatic rings. The van der Waals surface area contributed by atoms with Crippen LogP contribution in [0.15, 0.2) is 18.2 Å². The number of nitrogens with one attached hydrogen (secondary N) is 1. The topological polar surface area (TPSA) is 49.3 Å². The van der Waals surface area contributed by atoms with E-state index in [1.807, 2.05) is 33.8 Å². The lowest BCUT2D eigenvalue weighted by atomic mass is 9.97. The lowest BCUT2D eigenvalue weighted by Gasteiger charge is -2.18. The lowest BCUT2D eigenvalue weighted by Crippen LogP contribution is -2.32. The highest BCUT2D eigenvalue weighted by atomic mass is 16.3. The molecule has 3 heteroatoms. The summed E-state index contributed by atoms with van der Waals surface area (Å²) >= 11 is 0. The molecule has 16 heavy (non-hydrogen) atoms. The molecule has 0 saturated heterocycles. The Hall–Kier alpha value is -1.51. The van der Waals surface area contributed by atoms with Crippen molar-refractivity contribution in [2.75, 3.05) is 6.54 Å². The van der Waals surface area contributed by atoms with Crippen molar-refractivity contribution >= 4 is 5.91 Å². The second-order valence-electron chi connectivity index (χ2n) is 5.26. The molecule has 1 amide bonds. The third-order valence-corrected chi connectivity index (χ3v) is 2.18. The Kier molecular flexibility index (Phi) is 3.58. The summed E-state index contributed by atoms with van der Waals surface area (Å²) in [6.07, 6.45) is 0. The quantitative estimate of drug-likeness (QED) is 0.806. The molecule has 3 nitrogen and oxygen atoms in total. The molecule has 0 aliphatic carbocycles. The number of carbonyl (C=O) groups is 1. The number of amides is 1. The second kappa shape index (κ2) is 4.56. The molecule has 0 unspecified atom stereocenters. The SMILES string of the molecule is Cc1ccc(C(=O)NCC(C)(C)C)c(O)c1. The van der Waals surface area contributed by atoms with Crippen LogP contribution in [-0.4, -0.2) is 17.6 Å². The van der Waals surface area contributed by atoms with Crippen molar-refractivity contribution in [2.24, 2.45) is 5.41 Å². The number of rotatable bonds is 2. The van der Waals surface area contributed by atoms with Gasteiger partial charge in [0.05, 0.1) is 5.56 Å². The molecule has 0 spiro atoms. The Morgan fingerprint density at radius 3 is 2.50 bits per heavy atom. The van der Waals surface area contributed by atoms with Gasteiger partial charge in [0, 0.05) is 6.54 Å². The molecule has 2 N–H and O–H groups in total. The van der Waals surface area contributed by atoms with Crippen LogP contribution < -0.4 is 5.32 Å². The fraction of sp³-hybridized carbons (Fsp3) is 0.462. The smallest absolute Gasteiger partial charge is 0.255 e. The zero-order chi connectivity index (χ0) is 12.3. The van der Waals surface area contributed by atoms with Gasteiger partial charge >= 0.3 is 0 Å². The average Bonchev–Trinajstić information content (AvgIpc) is 2.13. The van der Waals surface area contributed by atoms with Crippen LogP contribution in [-0.2, 0) is 0 Å². The minimum Gasteiger partial charge on any atom is -0.507 e. The number of hydrogen-bond acceptors (Lipinski definition) is 2. The van der Waals surface area contributed by atoms with E-state index in [2.05, 4.69) is 5.32 Å². The van der Waals surface area contributed by atoms with Crippen molar-refractivity contribution in [3.8, 4) is 5.75 Å². The first-order valence-corrected chi connectivity index (χ1v) is 5.37. The van der Waals surface area contributed by atoms with Gasteiger partial charge < -0.3 is 10.4 Å². The van der Waals surface area contributed by atoms with Gasteiger partial charge in [0.2, 0.25) is 0 Å². The van der Waals surface area contributed by atoms with E-state index in [0.29, 0.717) is 12.1 Å². The third kappa shape index (κ3) is 3.57. The summed E-state index contributed by atoms with van der Waals surface area (Å²) in [5.41, 5.74) is 1.30. The van der Waals surface area contributed by atoms with Gasteiger partial charge in [0.15, 0.2) is 0 Å². The molecular weight excluding hydrogens is 202 g/mol. The highest BCUT2D eigenvalue weighted by molar-refractivity contribution is 5.96. The summed E-state index contributed by atoms with van der Waals surface area (Å²) in [7, 11) is 0. The van der Waals surface area contributed by atoms with E-state index < -0.39 is 0 Å². The lowest BCUT2D eigenvalue weighted by molar-refractivity contribution is 0.0936. The van der Waals surface area contributed by atoms with Crippen LogP contribution >= 0.6 is 0 Å². The van der Waals surface area contributed by atoms with E-state index in [4.69, 9.17) is 0 Å². The molecule has 0 bridgehead atoms. The van der Waals surface area contributed by atoms with E-state index in [1.165, 1.54) is 0 Å². The fourth-order valence-electron chi connectivity index (χ4n) is 1.27. The van der Waals surface area contributed by atoms with Crippen LogP contribution in [0, 0.1) is 12.3 Å². The first-order chi connectivity index (χ1) is 7.29. The summed E-state index contributed by atoms with van der Waals surface area (Å²) in [6.45, 7) is 8.59. The monoisotopic (exact) mass is 221 g/mol. The van der Waals surface area contributed by atoms with E-state index in [0.717, 1.165) is 5.56 Å². The van der Waals surface area contributed by atoms with Gasteiger partial charge in [-0.15, -0.1) is 0 Å². The van der Waals surface area contributed by atoms with Crippen LogP contribution in [0.25, 0.3) is 0 Å². The predicted molar refractivity (Wildman–Crippen MR) is 64.6 cm³/mol. The molecule has 0 fully saturated rings. The van der Waals surface area contributed by atoms with Crippen molar-refractivity contribution in [1.82, 2.24) is 5.32 Å². The summed E-state index contributed by atoms with van der Waals surface area (Å²) in [5, 5.41) is 12.4. The van der Waals surface area contributed by atoms with E-state index in [-0.39, 0.29) is 17.1 Å². The molecule has 0 heterocycles. The molecule has 1 aromatic carbocycles. The molecule has 88 valence electrons. The Morgan fingerprint density at radius 2 is 2.00 bits per heavy atom. The zero-order valence-electron chi connectivity index (χ0n) is 10.3. The van der Waals surface area contributed by atoms with Gasteiger partial charge in [-0.05, 0) is 30.0 Å². The van der Waals surface area contributed by atoms with Gasteiger partial charge in [-0.3, -0.25) is 4.79 Å². The van der Waals surface area contributed by atoms with Gasteiger partial charge in [-0.25, -0.2) is 0 Å². The summed E-state index contributed by atoms with van der Waals surface area (Å²) in [4.78, 5) is 11.8. The molecule has 0 aliphatic heterocycles. The van der Waals surface area contributed by atoms with Crippen molar-refractivity contribution in [3.63, 3.8) is 0 Å². The number of hydrogen-bond donors (Lipinski definition) is 2. The molecule has 0 radical (unpaired) electrons. The molecule has 0 saturated carbocycles. The fourth-order valence-corrected chi connectivity index (χ4v) is 1.27. The van der Waals surface area contributed by atoms with Crippen LogP contribution in [0.2, 0.25) is 0 Å². The van der Waals surface area contributed by atoms with Crippen molar-refractivity contribution in [1.29, 1.82) is 0 Å². The van der Waals surface area contributed by atoms with Crippen molar-refractivity contribution in [3.05, 3.63) is 29.3 Å². The number of phenolic OH excluding ortho intramolecular Hbond substituents is 1. The van der Waals surface area contributed by atoms with Crippen molar-refractivity contribution < 1.29 is 9.90 Å². The Bertz CT molecular complexity index is 391. The number of phenols is 1. The normalized spacial score (nSPS) is 11.2. The largest absolute Gasteiger partial charge is 0.507 e. The highest BCUT2D eigenvalue weighted by Crippen LogP contribution is 2.18. The zero-order valence-corrected chi connectivity index (χ0v) is 10.3. The summed E-state index contributed by atoms with van der Waals surface area (Å²) in [5.74, 6) is -0.196. The highest BCUT2D eigenvalue weighted by Gasteiger charge is 2.15. The molecule has 1 rings (SSSR count). The third-order valence-electron chi connectivity index (χ3n) is 2.18. The minimum atomic E-state index is -0.229. The maximum atomic E-state index is 11.8. The molecular formula is C13H19NO2. The number of carbonyl (C=O) groups excluding carboxylic acids is 1. The van der Waals surface area contributed by atoms with Crippen LogP contribution in [0.3, 0.4) is 0 Å². The Morgan fingerprint density at radius 1 is 1.38 bits per heavy atom. The Balaban J connectivity index is 2.74. The van der Waals surface area contributed by atoms with Crippen molar-refractivity contribution in [2.45, 2.75) is 27.7 Å². The van der Waals surface area contributed by atoms with Crippen LogP contribution in [0.4, 0.5) is 0 Å². The first kappa shape index (κ1) is 12.6. The number of aryl methyl sites for hydroxylation is 1. The van der Waals surface area contributed by atoms with E-state index in [9.17, 15) is 9.90 Å². The molecule has 1 aromatic rings. The standard InChI is InChI=1S/C13H19NO2/c1-9-5-6-10(11(15)7-9)12(16)14-8-13(2,3)4/h5-7,15H,8H2,1-4H3,(H,14,16). The Labute approximate surface area is 96.5 Å². The van der Waals surface area contributed by atoms with Crippen LogP contribution in [0.5, 0.6) is 5.75 Å². The number of benzene rings is 1. The van der Waals surface area contributed by atoms with Crippen LogP contribution in [0.1, 0.15) is 36.7 Å². The van der Waals surface area contributed by atoms with Gasteiger partial charge in [-0.2, -0.15) is 0 Å². The average molecular weight is 221 g/mol.